The van der Waals surface area contributed by atoms with Crippen LogP contribution in [0.1, 0.15) is 0 Å². The van der Waals surface area contributed by atoms with E-state index in [1.807, 2.05) is 17.5 Å². The Morgan fingerprint density at radius 3 is 2.71 bits per heavy atom. The molecule has 5 nitrogen and oxygen atoms in total. The van der Waals surface area contributed by atoms with E-state index < -0.39 is 18.6 Å². The molecule has 1 aliphatic heterocycles. The average Bonchev–Trinajstić information content (AvgIpc) is 2.89. The van der Waals surface area contributed by atoms with E-state index in [1.54, 1.807) is 10.2 Å². The highest BCUT2D eigenvalue weighted by Gasteiger charge is 2.29. The topological polar surface area (TPSA) is 52.7 Å². The van der Waals surface area contributed by atoms with E-state index in [0.717, 1.165) is 5.00 Å². The Balaban J connectivity index is 1.80. The van der Waals surface area contributed by atoms with Gasteiger partial charge in [0.15, 0.2) is 0 Å². The summed E-state index contributed by atoms with van der Waals surface area (Å²) < 4.78 is 35.9. The number of anilines is 1. The minimum absolute atomic E-state index is 0.0251. The van der Waals surface area contributed by atoms with Crippen molar-refractivity contribution in [2.24, 2.45) is 0 Å². The summed E-state index contributed by atoms with van der Waals surface area (Å²) in [5.74, 6) is -0.892. The van der Waals surface area contributed by atoms with Crippen molar-refractivity contribution in [2.45, 2.75) is 6.18 Å². The van der Waals surface area contributed by atoms with Gasteiger partial charge in [0.2, 0.25) is 11.8 Å². The van der Waals surface area contributed by atoms with Crippen LogP contribution in [0, 0.1) is 0 Å². The van der Waals surface area contributed by atoms with Crippen molar-refractivity contribution in [3.8, 4) is 0 Å². The number of alkyl halides is 3. The molecule has 2 rings (SSSR count). The molecule has 1 saturated heterocycles. The number of thiophene rings is 1. The second kappa shape index (κ2) is 6.44. The zero-order valence-electron chi connectivity index (χ0n) is 11.0. The number of nitrogens with one attached hydrogen (secondary N) is 1. The van der Waals surface area contributed by atoms with Crippen LogP contribution in [0.3, 0.4) is 0 Å². The van der Waals surface area contributed by atoms with Gasteiger partial charge in [0, 0.05) is 13.1 Å². The SMILES string of the molecule is O=C(CN1CCN(c2cccs2)C(=O)C1)NCC(F)(F)F. The molecule has 0 atom stereocenters. The standard InChI is InChI=1S/C12H14F3N3O2S/c13-12(14,15)8-16-9(19)6-17-3-4-18(10(20)7-17)11-2-1-5-21-11/h1-2,5H,3-4,6-8H2,(H,16,19). The van der Waals surface area contributed by atoms with E-state index in [9.17, 15) is 22.8 Å². The first-order valence-corrected chi connectivity index (χ1v) is 7.13. The van der Waals surface area contributed by atoms with Gasteiger partial charge in [0.25, 0.3) is 0 Å². The largest absolute Gasteiger partial charge is 0.405 e. The van der Waals surface area contributed by atoms with Crippen molar-refractivity contribution in [1.82, 2.24) is 10.2 Å². The van der Waals surface area contributed by atoms with Crippen molar-refractivity contribution in [1.29, 1.82) is 0 Å². The van der Waals surface area contributed by atoms with Crippen LogP contribution < -0.4 is 10.2 Å². The van der Waals surface area contributed by atoms with Crippen molar-refractivity contribution in [3.05, 3.63) is 17.5 Å². The van der Waals surface area contributed by atoms with Crippen molar-refractivity contribution >= 4 is 28.2 Å². The molecule has 0 aliphatic carbocycles. The smallest absolute Gasteiger partial charge is 0.346 e. The molecule has 116 valence electrons. The Labute approximate surface area is 123 Å². The highest BCUT2D eigenvalue weighted by atomic mass is 32.1. The maximum absolute atomic E-state index is 12.0. The number of halogens is 3. The Bertz CT molecular complexity index is 504. The molecule has 0 unspecified atom stereocenters. The van der Waals surface area contributed by atoms with Crippen LogP contribution >= 0.6 is 11.3 Å². The minimum atomic E-state index is -4.43. The van der Waals surface area contributed by atoms with E-state index in [1.165, 1.54) is 16.2 Å². The molecule has 2 amide bonds. The van der Waals surface area contributed by atoms with Crippen molar-refractivity contribution in [3.63, 3.8) is 0 Å². The lowest BCUT2D eigenvalue weighted by atomic mass is 10.3. The normalized spacial score (nSPS) is 17.1. The van der Waals surface area contributed by atoms with Gasteiger partial charge in [-0.05, 0) is 17.5 Å². The van der Waals surface area contributed by atoms with Gasteiger partial charge >= 0.3 is 6.18 Å². The summed E-state index contributed by atoms with van der Waals surface area (Å²) in [5, 5.41) is 4.49. The Morgan fingerprint density at radius 1 is 1.38 bits per heavy atom. The number of piperazine rings is 1. The third-order valence-corrected chi connectivity index (χ3v) is 3.82. The summed E-state index contributed by atoms with van der Waals surface area (Å²) in [4.78, 5) is 26.5. The molecule has 1 N–H and O–H groups in total. The highest BCUT2D eigenvalue weighted by Crippen LogP contribution is 2.23. The molecular weight excluding hydrogens is 307 g/mol. The predicted octanol–water partition coefficient (Wildman–Crippen LogP) is 1.08. The van der Waals surface area contributed by atoms with Crippen LogP contribution in [0.5, 0.6) is 0 Å². The lowest BCUT2D eigenvalue weighted by molar-refractivity contribution is -0.139. The predicted molar refractivity (Wildman–Crippen MR) is 72.2 cm³/mol. The number of nitrogens with zero attached hydrogens (tertiary/aromatic N) is 2. The molecule has 1 fully saturated rings. The summed E-state index contributed by atoms with van der Waals surface area (Å²) in [5.41, 5.74) is 0. The highest BCUT2D eigenvalue weighted by molar-refractivity contribution is 7.14. The summed E-state index contributed by atoms with van der Waals surface area (Å²) in [6, 6.07) is 3.67. The van der Waals surface area contributed by atoms with Crippen LogP contribution in [0.4, 0.5) is 18.2 Å². The zero-order valence-corrected chi connectivity index (χ0v) is 11.8. The van der Waals surface area contributed by atoms with Crippen LogP contribution in [0.15, 0.2) is 17.5 Å². The molecule has 0 spiro atoms. The van der Waals surface area contributed by atoms with E-state index in [0.29, 0.717) is 13.1 Å². The fourth-order valence-corrected chi connectivity index (χ4v) is 2.75. The fraction of sp³-hybridized carbons (Fsp3) is 0.500. The number of carbonyl (C=O) groups is 2. The minimum Gasteiger partial charge on any atom is -0.346 e. The van der Waals surface area contributed by atoms with E-state index in [4.69, 9.17) is 0 Å². The van der Waals surface area contributed by atoms with Crippen LogP contribution in [-0.4, -0.2) is 55.6 Å². The number of amides is 2. The van der Waals surface area contributed by atoms with E-state index in [-0.39, 0.29) is 19.0 Å². The molecule has 1 aromatic heterocycles. The number of hydrogen-bond donors (Lipinski definition) is 1. The zero-order chi connectivity index (χ0) is 15.5. The lowest BCUT2D eigenvalue weighted by Gasteiger charge is -2.33. The molecule has 2 heterocycles. The van der Waals surface area contributed by atoms with Gasteiger partial charge < -0.3 is 10.2 Å². The van der Waals surface area contributed by atoms with Gasteiger partial charge in [-0.3, -0.25) is 14.5 Å². The first kappa shape index (κ1) is 15.8. The van der Waals surface area contributed by atoms with Gasteiger partial charge in [-0.1, -0.05) is 0 Å². The number of rotatable bonds is 4. The van der Waals surface area contributed by atoms with E-state index in [2.05, 4.69) is 0 Å². The molecule has 0 saturated carbocycles. The molecule has 0 aromatic carbocycles. The molecule has 1 aliphatic rings. The Kier molecular flexibility index (Phi) is 4.84. The first-order chi connectivity index (χ1) is 9.85. The molecule has 0 radical (unpaired) electrons. The van der Waals surface area contributed by atoms with Crippen LogP contribution in [0.2, 0.25) is 0 Å². The third-order valence-electron chi connectivity index (χ3n) is 2.93. The molecule has 21 heavy (non-hydrogen) atoms. The van der Waals surface area contributed by atoms with Gasteiger partial charge in [0.1, 0.15) is 6.54 Å². The second-order valence-corrected chi connectivity index (χ2v) is 5.53. The lowest BCUT2D eigenvalue weighted by Crippen LogP contribution is -2.53. The maximum Gasteiger partial charge on any atom is 0.405 e. The van der Waals surface area contributed by atoms with Crippen LogP contribution in [-0.2, 0) is 9.59 Å². The Hall–Kier alpha value is -1.61. The Morgan fingerprint density at radius 2 is 2.14 bits per heavy atom. The maximum atomic E-state index is 12.0. The number of carbonyl (C=O) groups excluding carboxylic acids is 2. The second-order valence-electron chi connectivity index (χ2n) is 4.60. The molecule has 9 heteroatoms. The van der Waals surface area contributed by atoms with Gasteiger partial charge in [-0.2, -0.15) is 13.2 Å². The van der Waals surface area contributed by atoms with E-state index >= 15 is 0 Å². The summed E-state index contributed by atoms with van der Waals surface area (Å²) in [6.07, 6.45) is -4.43. The van der Waals surface area contributed by atoms with Gasteiger partial charge in [-0.25, -0.2) is 0 Å². The fourth-order valence-electron chi connectivity index (χ4n) is 1.97. The molecule has 1 aromatic rings. The monoisotopic (exact) mass is 321 g/mol. The quantitative estimate of drug-likeness (QED) is 0.903. The average molecular weight is 321 g/mol. The van der Waals surface area contributed by atoms with Crippen molar-refractivity contribution < 1.29 is 22.8 Å². The third kappa shape index (κ3) is 4.71. The summed E-state index contributed by atoms with van der Waals surface area (Å²) in [7, 11) is 0. The van der Waals surface area contributed by atoms with Crippen LogP contribution in [0.25, 0.3) is 0 Å². The number of hydrogen-bond acceptors (Lipinski definition) is 4. The van der Waals surface area contributed by atoms with Gasteiger partial charge in [-0.15, -0.1) is 11.3 Å². The summed E-state index contributed by atoms with van der Waals surface area (Å²) in [6.45, 7) is -0.665. The first-order valence-electron chi connectivity index (χ1n) is 6.25. The molecule has 0 bridgehead atoms. The van der Waals surface area contributed by atoms with Gasteiger partial charge in [0.05, 0.1) is 18.1 Å². The summed E-state index contributed by atoms with van der Waals surface area (Å²) >= 11 is 1.44. The van der Waals surface area contributed by atoms with Crippen molar-refractivity contribution in [2.75, 3.05) is 37.6 Å². The molecular formula is C12H14F3N3O2S.